The van der Waals surface area contributed by atoms with Crippen LogP contribution < -0.4 is 5.32 Å². The van der Waals surface area contributed by atoms with Gasteiger partial charge in [-0.1, -0.05) is 26.0 Å². The van der Waals surface area contributed by atoms with Crippen molar-refractivity contribution in [3.05, 3.63) is 42.1 Å². The Labute approximate surface area is 368 Å². The summed E-state index contributed by atoms with van der Waals surface area (Å²) in [7, 11) is 9.19. The van der Waals surface area contributed by atoms with Gasteiger partial charge in [0.2, 0.25) is 0 Å². The van der Waals surface area contributed by atoms with Gasteiger partial charge in [0.1, 0.15) is 24.4 Å². The van der Waals surface area contributed by atoms with Crippen LogP contribution in [0, 0.1) is 35.5 Å². The van der Waals surface area contributed by atoms with E-state index in [2.05, 4.69) is 73.5 Å². The number of nitrogens with zero attached hydrogens (tertiary/aromatic N) is 1. The van der Waals surface area contributed by atoms with Crippen LogP contribution in [-0.4, -0.2) is 131 Å². The van der Waals surface area contributed by atoms with Gasteiger partial charge in [0, 0.05) is 62.6 Å². The van der Waals surface area contributed by atoms with Crippen LogP contribution >= 0.6 is 0 Å². The number of carbonyl (C=O) groups is 2. The maximum atomic E-state index is 15.2. The molecule has 6 aliphatic rings. The first-order valence-electron chi connectivity index (χ1n) is 23.6. The molecule has 2 aromatic rings. The number of H-pyrrole nitrogens is 1. The second kappa shape index (κ2) is 19.7. The van der Waals surface area contributed by atoms with Gasteiger partial charge in [0.15, 0.2) is 18.4 Å². The number of allylic oxidation sites excluding steroid dienone is 2. The highest BCUT2D eigenvalue weighted by molar-refractivity contribution is 5.99. The first kappa shape index (κ1) is 45.7. The van der Waals surface area contributed by atoms with E-state index in [9.17, 15) is 4.79 Å². The molecular formula is C49H73N3O10. The zero-order valence-corrected chi connectivity index (χ0v) is 38.5. The normalized spacial score (nSPS) is 41.7. The lowest BCUT2D eigenvalue weighted by Crippen LogP contribution is -2.59. The van der Waals surface area contributed by atoms with Crippen LogP contribution in [0.3, 0.4) is 0 Å². The fourth-order valence-electron chi connectivity index (χ4n) is 12.5. The zero-order valence-electron chi connectivity index (χ0n) is 38.5. The van der Waals surface area contributed by atoms with Crippen molar-refractivity contribution in [1.82, 2.24) is 9.88 Å². The van der Waals surface area contributed by atoms with Crippen LogP contribution in [0.25, 0.3) is 10.9 Å². The van der Waals surface area contributed by atoms with Crippen molar-refractivity contribution < 1.29 is 47.5 Å². The van der Waals surface area contributed by atoms with Crippen molar-refractivity contribution >= 4 is 28.3 Å². The van der Waals surface area contributed by atoms with E-state index >= 15 is 4.79 Å². The molecule has 13 heteroatoms. The summed E-state index contributed by atoms with van der Waals surface area (Å²) in [5.41, 5.74) is 2.83. The standard InChI is InChI=1S/C49H73N3O10/c1-10-32-12-11-13-41(62-43-17-16-40(52(5)6)27(3)58-43)26(2)45(54)37-24-35-34-23-33(61-49-48(57-9)47(56-8)46(55-7)28(4)59-49)20-30(34)21-39(44(35)36(37)25-42(53)60-32)51-31-15-14-29-18-19-50-38(29)22-31/h14-15,18-19,22,24,26-28,30,32-36,39-41,43-44,46-51H,10-13,16-17,20-21,23,25H2,1-9H3/t26-,27?,28?,30+,32+,33-,34-,35+,36-,39+,40+,41+,43+,44-,46+,47?,48?,49+/m1/s1. The molecule has 2 saturated carbocycles. The lowest BCUT2D eigenvalue weighted by molar-refractivity contribution is -0.314. The molecule has 18 atom stereocenters. The molecule has 4 heterocycles. The average molecular weight is 864 g/mol. The third-order valence-electron chi connectivity index (χ3n) is 15.7. The fourth-order valence-corrected chi connectivity index (χ4v) is 12.5. The molecule has 0 radical (unpaired) electrons. The number of fused-ring (bicyclic) bond motifs is 6. The number of likely N-dealkylation sites (N-methyl/N-ethyl adjacent to an activating group) is 1. The highest BCUT2D eigenvalue weighted by Gasteiger charge is 2.57. The number of ketones is 1. The molecule has 3 saturated heterocycles. The molecule has 4 unspecified atom stereocenters. The van der Waals surface area contributed by atoms with Crippen molar-refractivity contribution in [2.24, 2.45) is 35.5 Å². The summed E-state index contributed by atoms with van der Waals surface area (Å²) in [5.74, 6) is -0.286. The van der Waals surface area contributed by atoms with E-state index in [4.69, 9.17) is 37.9 Å². The Morgan fingerprint density at radius 3 is 2.39 bits per heavy atom. The summed E-state index contributed by atoms with van der Waals surface area (Å²) in [4.78, 5) is 34.9. The van der Waals surface area contributed by atoms with Gasteiger partial charge in [0.05, 0.1) is 30.8 Å². The number of hydrogen-bond acceptors (Lipinski definition) is 12. The Hall–Kier alpha value is -2.88. The minimum absolute atomic E-state index is 0.0104. The molecule has 3 aliphatic carbocycles. The van der Waals surface area contributed by atoms with E-state index < -0.39 is 18.3 Å². The lowest BCUT2D eigenvalue weighted by atomic mass is 9.63. The van der Waals surface area contributed by atoms with Gasteiger partial charge in [-0.25, -0.2) is 0 Å². The summed E-state index contributed by atoms with van der Waals surface area (Å²) in [5, 5.41) is 5.12. The number of hydrogen-bond donors (Lipinski definition) is 2. The molecule has 2 N–H and O–H groups in total. The number of cyclic esters (lactones) is 1. The van der Waals surface area contributed by atoms with Crippen LogP contribution in [0.4, 0.5) is 5.69 Å². The minimum atomic E-state index is -0.629. The number of nitrogens with one attached hydrogen (secondary N) is 2. The highest BCUT2D eigenvalue weighted by atomic mass is 16.7. The fraction of sp³-hybridized carbons (Fsp3) is 0.755. The lowest BCUT2D eigenvalue weighted by Gasteiger charge is -2.45. The van der Waals surface area contributed by atoms with E-state index in [1.165, 1.54) is 0 Å². The Morgan fingerprint density at radius 2 is 1.66 bits per heavy atom. The summed E-state index contributed by atoms with van der Waals surface area (Å²) in [6, 6.07) is 8.82. The number of aromatic amines is 1. The van der Waals surface area contributed by atoms with Crippen molar-refractivity contribution in [1.29, 1.82) is 0 Å². The Bertz CT molecular complexity index is 1870. The second-order valence-electron chi connectivity index (χ2n) is 19.5. The Morgan fingerprint density at radius 1 is 0.871 bits per heavy atom. The number of benzene rings is 1. The topological polar surface area (TPSA) is 139 Å². The van der Waals surface area contributed by atoms with Gasteiger partial charge in [-0.3, -0.25) is 9.59 Å². The van der Waals surface area contributed by atoms with Crippen molar-refractivity contribution in [2.45, 2.75) is 165 Å². The molecular weight excluding hydrogens is 791 g/mol. The largest absolute Gasteiger partial charge is 0.462 e. The van der Waals surface area contributed by atoms with Crippen LogP contribution in [0.2, 0.25) is 0 Å². The quantitative estimate of drug-likeness (QED) is 0.220. The average Bonchev–Trinajstić information content (AvgIpc) is 3.98. The smallest absolute Gasteiger partial charge is 0.306 e. The summed E-state index contributed by atoms with van der Waals surface area (Å²) < 4.78 is 50.6. The van der Waals surface area contributed by atoms with Gasteiger partial charge in [-0.15, -0.1) is 0 Å². The molecule has 0 amide bonds. The number of Topliss-reactive ketones (excluding diaryl/α,β-unsaturated/α-hetero) is 1. The number of ether oxygens (including phenoxy) is 8. The number of aromatic nitrogens is 1. The first-order valence-corrected chi connectivity index (χ1v) is 23.6. The molecule has 0 spiro atoms. The van der Waals surface area contributed by atoms with Crippen LogP contribution in [0.5, 0.6) is 0 Å². The predicted molar refractivity (Wildman–Crippen MR) is 235 cm³/mol. The Kier molecular flexibility index (Phi) is 14.5. The van der Waals surface area contributed by atoms with Gasteiger partial charge in [-0.2, -0.15) is 0 Å². The number of rotatable bonds is 11. The van der Waals surface area contributed by atoms with Gasteiger partial charge in [-0.05, 0) is 139 Å². The summed E-state index contributed by atoms with van der Waals surface area (Å²) in [6.45, 7) is 8.22. The second-order valence-corrected chi connectivity index (χ2v) is 19.5. The minimum Gasteiger partial charge on any atom is -0.462 e. The predicted octanol–water partition coefficient (Wildman–Crippen LogP) is 7.28. The summed E-state index contributed by atoms with van der Waals surface area (Å²) >= 11 is 0. The van der Waals surface area contributed by atoms with Crippen molar-refractivity contribution in [3.8, 4) is 0 Å². The van der Waals surface area contributed by atoms with E-state index in [0.29, 0.717) is 18.4 Å². The van der Waals surface area contributed by atoms with Crippen molar-refractivity contribution in [2.75, 3.05) is 40.7 Å². The van der Waals surface area contributed by atoms with Crippen LogP contribution in [-0.2, 0) is 47.5 Å². The maximum absolute atomic E-state index is 15.2. The molecule has 0 bridgehead atoms. The molecule has 3 aliphatic heterocycles. The van der Waals surface area contributed by atoms with Gasteiger partial charge < -0.3 is 53.1 Å². The van der Waals surface area contributed by atoms with E-state index in [1.54, 1.807) is 21.3 Å². The number of anilines is 1. The van der Waals surface area contributed by atoms with Crippen LogP contribution in [0.1, 0.15) is 91.9 Å². The molecule has 13 nitrogen and oxygen atoms in total. The molecule has 8 rings (SSSR count). The van der Waals surface area contributed by atoms with E-state index in [1.807, 2.05) is 20.0 Å². The van der Waals surface area contributed by atoms with Crippen LogP contribution in [0.15, 0.2) is 42.1 Å². The van der Waals surface area contributed by atoms with E-state index in [0.717, 1.165) is 73.5 Å². The zero-order chi connectivity index (χ0) is 43.8. The molecule has 5 fully saturated rings. The number of esters is 1. The SMILES string of the molecule is CC[C@H]1CCC[C@H](O[C@H]2CC[C@H](N(C)C)C(C)O2)[C@@H](C)C(=O)C2=C[C@H]3[C@@H]4C[C@H](O[C@@H]5OC(C)[C@H](OC)C(OC)C5OC)C[C@H]4C[C@H](Nc4ccc5cc[nH]c5c4)[C@H]3[C@@H]2CC(=O)O1. The monoisotopic (exact) mass is 864 g/mol. The maximum Gasteiger partial charge on any atom is 0.306 e. The third kappa shape index (κ3) is 9.29. The summed E-state index contributed by atoms with van der Waals surface area (Å²) in [6.07, 6.45) is 8.64. The first-order chi connectivity index (χ1) is 29.9. The molecule has 344 valence electrons. The Balaban J connectivity index is 1.10. The molecule has 1 aromatic carbocycles. The van der Waals surface area contributed by atoms with Crippen molar-refractivity contribution in [3.63, 3.8) is 0 Å². The van der Waals surface area contributed by atoms with Gasteiger partial charge in [0.25, 0.3) is 0 Å². The highest BCUT2D eigenvalue weighted by Crippen LogP contribution is 2.57. The number of methoxy groups -OCH3 is 3. The van der Waals surface area contributed by atoms with Gasteiger partial charge >= 0.3 is 5.97 Å². The third-order valence-corrected chi connectivity index (χ3v) is 15.7. The number of carbonyl (C=O) groups excluding carboxylic acids is 2. The molecule has 62 heavy (non-hydrogen) atoms. The van der Waals surface area contributed by atoms with E-state index in [-0.39, 0.29) is 96.9 Å². The molecule has 1 aromatic heterocycles.